The number of ether oxygens (including phenoxy) is 1. The first-order valence-electron chi connectivity index (χ1n) is 9.40. The number of halogens is 3. The maximum absolute atomic E-state index is 12.4. The van der Waals surface area contributed by atoms with E-state index in [2.05, 4.69) is 36.8 Å². The van der Waals surface area contributed by atoms with Gasteiger partial charge in [0.15, 0.2) is 0 Å². The fourth-order valence-corrected chi connectivity index (χ4v) is 3.62. The van der Waals surface area contributed by atoms with Crippen molar-refractivity contribution in [3.63, 3.8) is 0 Å². The monoisotopic (exact) mass is 417 g/mol. The van der Waals surface area contributed by atoms with Crippen LogP contribution in [0.3, 0.4) is 0 Å². The van der Waals surface area contributed by atoms with Crippen LogP contribution in [0.25, 0.3) is 22.3 Å². The van der Waals surface area contributed by atoms with Crippen molar-refractivity contribution in [3.05, 3.63) is 70.5 Å². The summed E-state index contributed by atoms with van der Waals surface area (Å²) in [4.78, 5) is 0. The first kappa shape index (κ1) is 21.1. The number of nitrogens with zero attached hydrogens (tertiary/aromatic N) is 1. The Hall–Kier alpha value is -2.60. The van der Waals surface area contributed by atoms with Gasteiger partial charge < -0.3 is 9.30 Å². The number of pyridine rings is 1. The number of hydrogen-bond acceptors (Lipinski definition) is 2. The molecule has 0 saturated carbocycles. The molecule has 0 fully saturated rings. The van der Waals surface area contributed by atoms with Gasteiger partial charge in [0.05, 0.1) is 4.51 Å². The van der Waals surface area contributed by atoms with E-state index >= 15 is 0 Å². The molecule has 152 valence electrons. The van der Waals surface area contributed by atoms with E-state index in [1.54, 1.807) is 12.1 Å². The predicted molar refractivity (Wildman–Crippen MR) is 113 cm³/mol. The molecule has 0 amide bonds. The Kier molecular flexibility index (Phi) is 6.13. The third-order valence-electron chi connectivity index (χ3n) is 4.73. The van der Waals surface area contributed by atoms with Gasteiger partial charge >= 0.3 is 6.36 Å². The van der Waals surface area contributed by atoms with Crippen molar-refractivity contribution in [2.45, 2.75) is 33.1 Å². The van der Waals surface area contributed by atoms with E-state index in [0.29, 0.717) is 4.51 Å². The molecule has 0 spiro atoms. The molecule has 0 radical (unpaired) electrons. The van der Waals surface area contributed by atoms with E-state index in [-0.39, 0.29) is 5.75 Å². The summed E-state index contributed by atoms with van der Waals surface area (Å²) >= 11 is 5.77. The number of hydrogen-bond donors (Lipinski definition) is 0. The summed E-state index contributed by atoms with van der Waals surface area (Å²) in [5.41, 5.74) is 6.01. The lowest BCUT2D eigenvalue weighted by Gasteiger charge is -2.14. The van der Waals surface area contributed by atoms with Gasteiger partial charge in [-0.2, -0.15) is 0 Å². The molecule has 0 aliphatic rings. The minimum Gasteiger partial charge on any atom is -0.406 e. The van der Waals surface area contributed by atoms with Crippen LogP contribution in [0.5, 0.6) is 5.75 Å². The molecule has 0 aliphatic carbocycles. The summed E-state index contributed by atoms with van der Waals surface area (Å²) in [6, 6.07) is 12.3. The molecule has 6 heteroatoms. The second-order valence-corrected chi connectivity index (χ2v) is 7.31. The van der Waals surface area contributed by atoms with Gasteiger partial charge in [-0.05, 0) is 47.2 Å². The molecule has 29 heavy (non-hydrogen) atoms. The smallest absolute Gasteiger partial charge is 0.406 e. The summed E-state index contributed by atoms with van der Waals surface area (Å²) in [6.45, 7) is 4.24. The number of alkyl halides is 3. The number of rotatable bonds is 5. The minimum atomic E-state index is -4.71. The predicted octanol–water partition coefficient (Wildman–Crippen LogP) is 7.11. The zero-order valence-corrected chi connectivity index (χ0v) is 17.3. The fourth-order valence-electron chi connectivity index (χ4n) is 3.28. The maximum atomic E-state index is 12.4. The first-order chi connectivity index (χ1) is 13.7. The van der Waals surface area contributed by atoms with Crippen molar-refractivity contribution in [2.75, 3.05) is 0 Å². The lowest BCUT2D eigenvalue weighted by atomic mass is 9.96. The highest BCUT2D eigenvalue weighted by Gasteiger charge is 2.31. The van der Waals surface area contributed by atoms with Crippen LogP contribution in [0.15, 0.2) is 54.9 Å². The SMILES string of the molecule is CCc1cc(CC)cc(-c2cn(C)cc(-c3ccc(OC(F)(F)F)cc3)c2=S)c1. The number of aryl methyl sites for hydroxylation is 3. The summed E-state index contributed by atoms with van der Waals surface area (Å²) in [5.74, 6) is -0.254. The van der Waals surface area contributed by atoms with Gasteiger partial charge in [0.1, 0.15) is 5.75 Å². The van der Waals surface area contributed by atoms with E-state index < -0.39 is 6.36 Å². The Morgan fingerprint density at radius 3 is 1.86 bits per heavy atom. The molecular weight excluding hydrogens is 395 g/mol. The van der Waals surface area contributed by atoms with Crippen molar-refractivity contribution in [2.24, 2.45) is 7.05 Å². The average Bonchev–Trinajstić information content (AvgIpc) is 2.68. The van der Waals surface area contributed by atoms with Gasteiger partial charge in [-0.3, -0.25) is 0 Å². The minimum absolute atomic E-state index is 0.254. The van der Waals surface area contributed by atoms with Crippen LogP contribution in [0.2, 0.25) is 0 Å². The standard InChI is InChI=1S/C23H22F3NOS/c1-4-15-10-16(5-2)12-18(11-15)21-14-27(3)13-20(22(21)29)17-6-8-19(9-7-17)28-23(24,25)26/h6-14H,4-5H2,1-3H3. The molecule has 3 aromatic rings. The highest BCUT2D eigenvalue weighted by Crippen LogP contribution is 2.32. The Morgan fingerprint density at radius 1 is 0.862 bits per heavy atom. The zero-order chi connectivity index (χ0) is 21.2. The zero-order valence-electron chi connectivity index (χ0n) is 16.5. The Morgan fingerprint density at radius 2 is 1.38 bits per heavy atom. The Balaban J connectivity index is 2.08. The molecule has 2 aromatic carbocycles. The van der Waals surface area contributed by atoms with E-state index in [0.717, 1.165) is 35.1 Å². The lowest BCUT2D eigenvalue weighted by molar-refractivity contribution is -0.274. The quantitative estimate of drug-likeness (QED) is 0.411. The molecule has 1 heterocycles. The molecule has 3 rings (SSSR count). The van der Waals surface area contributed by atoms with Gasteiger partial charge in [0.2, 0.25) is 0 Å². The lowest BCUT2D eigenvalue weighted by Crippen LogP contribution is -2.16. The molecule has 0 atom stereocenters. The highest BCUT2D eigenvalue weighted by molar-refractivity contribution is 7.71. The molecule has 2 nitrogen and oxygen atoms in total. The molecule has 0 saturated heterocycles. The van der Waals surface area contributed by atoms with E-state index in [4.69, 9.17) is 12.2 Å². The highest BCUT2D eigenvalue weighted by atomic mass is 32.1. The summed E-state index contributed by atoms with van der Waals surface area (Å²) < 4.78 is 43.8. The van der Waals surface area contributed by atoms with Crippen molar-refractivity contribution in [1.29, 1.82) is 0 Å². The molecule has 0 unspecified atom stereocenters. The van der Waals surface area contributed by atoms with Crippen molar-refractivity contribution in [1.82, 2.24) is 4.57 Å². The van der Waals surface area contributed by atoms with Crippen LogP contribution in [-0.2, 0) is 19.9 Å². The third-order valence-corrected chi connectivity index (χ3v) is 5.17. The molecule has 0 N–H and O–H groups in total. The Bertz CT molecular complexity index is 1050. The van der Waals surface area contributed by atoms with Gasteiger partial charge in [0.25, 0.3) is 0 Å². The van der Waals surface area contributed by atoms with Crippen LogP contribution in [0.1, 0.15) is 25.0 Å². The van der Waals surface area contributed by atoms with Gasteiger partial charge in [-0.15, -0.1) is 13.2 Å². The summed E-state index contributed by atoms with van der Waals surface area (Å²) in [5, 5.41) is 0. The average molecular weight is 417 g/mol. The van der Waals surface area contributed by atoms with E-state index in [1.807, 2.05) is 24.0 Å². The molecule has 0 aliphatic heterocycles. The number of aromatic nitrogens is 1. The molecular formula is C23H22F3NOS. The van der Waals surface area contributed by atoms with Gasteiger partial charge in [0, 0.05) is 30.6 Å². The maximum Gasteiger partial charge on any atom is 0.573 e. The second kappa shape index (κ2) is 8.41. The van der Waals surface area contributed by atoms with Crippen molar-refractivity contribution in [3.8, 4) is 28.0 Å². The third kappa shape index (κ3) is 5.07. The van der Waals surface area contributed by atoms with Crippen LogP contribution in [-0.4, -0.2) is 10.9 Å². The Labute approximate surface area is 173 Å². The topological polar surface area (TPSA) is 14.2 Å². The summed E-state index contributed by atoms with van der Waals surface area (Å²) in [6.07, 6.45) is 1.02. The van der Waals surface area contributed by atoms with Crippen LogP contribution >= 0.6 is 12.2 Å². The van der Waals surface area contributed by atoms with E-state index in [1.165, 1.54) is 23.3 Å². The largest absolute Gasteiger partial charge is 0.573 e. The fraction of sp³-hybridized carbons (Fsp3) is 0.261. The van der Waals surface area contributed by atoms with Crippen molar-refractivity contribution >= 4 is 12.2 Å². The van der Waals surface area contributed by atoms with Crippen LogP contribution in [0.4, 0.5) is 13.2 Å². The van der Waals surface area contributed by atoms with Crippen LogP contribution in [0, 0.1) is 4.51 Å². The van der Waals surface area contributed by atoms with E-state index in [9.17, 15) is 13.2 Å². The van der Waals surface area contributed by atoms with Crippen LogP contribution < -0.4 is 4.74 Å². The van der Waals surface area contributed by atoms with Gasteiger partial charge in [-0.1, -0.05) is 56.4 Å². The normalized spacial score (nSPS) is 11.5. The van der Waals surface area contributed by atoms with Gasteiger partial charge in [-0.25, -0.2) is 0 Å². The first-order valence-corrected chi connectivity index (χ1v) is 9.80. The molecule has 1 aromatic heterocycles. The van der Waals surface area contributed by atoms with Crippen molar-refractivity contribution < 1.29 is 17.9 Å². The number of benzene rings is 2. The second-order valence-electron chi connectivity index (χ2n) is 6.90. The summed E-state index contributed by atoms with van der Waals surface area (Å²) in [7, 11) is 1.91. The molecule has 0 bridgehead atoms.